The van der Waals surface area contributed by atoms with Crippen LogP contribution in [0.4, 0.5) is 0 Å². The van der Waals surface area contributed by atoms with Crippen LogP contribution in [0.1, 0.15) is 20.3 Å². The number of rotatable bonds is 6. The SMILES string of the molecule is C/C=C/C=C/C=C/C/C=C/C=C/C=C/C. The fourth-order valence-electron chi connectivity index (χ4n) is 0.872. The summed E-state index contributed by atoms with van der Waals surface area (Å²) in [6, 6.07) is 0. The Morgan fingerprint density at radius 2 is 0.933 bits per heavy atom. The van der Waals surface area contributed by atoms with Gasteiger partial charge in [0.05, 0.1) is 0 Å². The molecule has 0 N–H and O–H groups in total. The van der Waals surface area contributed by atoms with Gasteiger partial charge in [-0.3, -0.25) is 0 Å². The first kappa shape index (κ1) is 13.4. The first-order chi connectivity index (χ1) is 7.41. The van der Waals surface area contributed by atoms with Gasteiger partial charge in [-0.15, -0.1) is 0 Å². The fraction of sp³-hybridized carbons (Fsp3) is 0.200. The molecule has 0 saturated carbocycles. The molecule has 0 heteroatoms. The molecule has 0 aromatic rings. The van der Waals surface area contributed by atoms with Gasteiger partial charge in [-0.25, -0.2) is 0 Å². The van der Waals surface area contributed by atoms with Crippen LogP contribution in [-0.2, 0) is 0 Å². The lowest BCUT2D eigenvalue weighted by Crippen LogP contribution is -1.57. The van der Waals surface area contributed by atoms with Gasteiger partial charge in [-0.2, -0.15) is 0 Å². The molecule has 0 heterocycles. The normalized spacial score (nSPS) is 14.0. The van der Waals surface area contributed by atoms with E-state index < -0.39 is 0 Å². The van der Waals surface area contributed by atoms with Gasteiger partial charge in [0.25, 0.3) is 0 Å². The molecular weight excluding hydrogens is 180 g/mol. The van der Waals surface area contributed by atoms with E-state index in [0.717, 1.165) is 6.42 Å². The van der Waals surface area contributed by atoms with Crippen molar-refractivity contribution in [2.45, 2.75) is 20.3 Å². The molecule has 0 rings (SSSR count). The van der Waals surface area contributed by atoms with E-state index in [1.807, 2.05) is 62.5 Å². The standard InChI is InChI=1S/C15H20/c1-3-5-7-9-11-13-15-14-12-10-8-6-4-2/h3-14H,15H2,1-2H3/b5-3+,6-4+,9-7+,10-8+,13-11+,14-12+. The summed E-state index contributed by atoms with van der Waals surface area (Å²) in [6.45, 7) is 4.02. The largest absolute Gasteiger partial charge is 0.0877 e. The van der Waals surface area contributed by atoms with E-state index in [-0.39, 0.29) is 0 Å². The maximum Gasteiger partial charge on any atom is -0.0163 e. The molecule has 0 aliphatic rings. The first-order valence-electron chi connectivity index (χ1n) is 5.30. The highest BCUT2D eigenvalue weighted by Gasteiger charge is 1.67. The molecule has 0 amide bonds. The Balaban J connectivity index is 3.60. The van der Waals surface area contributed by atoms with Gasteiger partial charge in [0.15, 0.2) is 0 Å². The van der Waals surface area contributed by atoms with Crippen molar-refractivity contribution in [3.05, 3.63) is 72.9 Å². The minimum absolute atomic E-state index is 0.973. The lowest BCUT2D eigenvalue weighted by Gasteiger charge is -1.78. The molecule has 0 aromatic heterocycles. The summed E-state index contributed by atoms with van der Waals surface area (Å²) in [5, 5.41) is 0. The second-order valence-corrected chi connectivity index (χ2v) is 2.91. The lowest BCUT2D eigenvalue weighted by atomic mass is 10.3. The number of hydrogen-bond donors (Lipinski definition) is 0. The molecule has 0 saturated heterocycles. The zero-order valence-corrected chi connectivity index (χ0v) is 9.64. The van der Waals surface area contributed by atoms with Crippen molar-refractivity contribution in [2.24, 2.45) is 0 Å². The highest BCUT2D eigenvalue weighted by atomic mass is 13.7. The molecule has 0 aliphatic heterocycles. The second-order valence-electron chi connectivity index (χ2n) is 2.91. The van der Waals surface area contributed by atoms with Crippen molar-refractivity contribution in [1.82, 2.24) is 0 Å². The van der Waals surface area contributed by atoms with Gasteiger partial charge in [0, 0.05) is 0 Å². The van der Waals surface area contributed by atoms with Gasteiger partial charge in [-0.1, -0.05) is 72.9 Å². The van der Waals surface area contributed by atoms with Crippen LogP contribution >= 0.6 is 0 Å². The second kappa shape index (κ2) is 12.4. The van der Waals surface area contributed by atoms with Gasteiger partial charge in [0.1, 0.15) is 0 Å². The third-order valence-corrected chi connectivity index (χ3v) is 1.60. The van der Waals surface area contributed by atoms with E-state index in [4.69, 9.17) is 0 Å². The Kier molecular flexibility index (Phi) is 11.1. The average Bonchev–Trinajstić information content (AvgIpc) is 2.26. The summed E-state index contributed by atoms with van der Waals surface area (Å²) < 4.78 is 0. The zero-order valence-electron chi connectivity index (χ0n) is 9.64. The molecule has 80 valence electrons. The Hall–Kier alpha value is -1.56. The molecule has 0 unspecified atom stereocenters. The molecule has 0 radical (unpaired) electrons. The zero-order chi connectivity index (χ0) is 11.2. The molecule has 15 heavy (non-hydrogen) atoms. The minimum Gasteiger partial charge on any atom is -0.0877 e. The van der Waals surface area contributed by atoms with Crippen LogP contribution in [0.25, 0.3) is 0 Å². The third kappa shape index (κ3) is 12.4. The smallest absolute Gasteiger partial charge is 0.0163 e. The molecule has 0 spiro atoms. The average molecular weight is 200 g/mol. The van der Waals surface area contributed by atoms with Crippen molar-refractivity contribution in [2.75, 3.05) is 0 Å². The molecule has 0 aliphatic carbocycles. The van der Waals surface area contributed by atoms with Gasteiger partial charge < -0.3 is 0 Å². The summed E-state index contributed by atoms with van der Waals surface area (Å²) >= 11 is 0. The van der Waals surface area contributed by atoms with E-state index in [1.165, 1.54) is 0 Å². The Labute approximate surface area is 93.7 Å². The summed E-state index contributed by atoms with van der Waals surface area (Å²) in [5.41, 5.74) is 0. The number of hydrogen-bond acceptors (Lipinski definition) is 0. The monoisotopic (exact) mass is 200 g/mol. The molecule has 0 aromatic carbocycles. The summed E-state index contributed by atoms with van der Waals surface area (Å²) in [6.07, 6.45) is 25.5. The van der Waals surface area contributed by atoms with Crippen LogP contribution in [0.15, 0.2) is 72.9 Å². The summed E-state index contributed by atoms with van der Waals surface area (Å²) in [4.78, 5) is 0. The topological polar surface area (TPSA) is 0 Å². The van der Waals surface area contributed by atoms with Crippen molar-refractivity contribution >= 4 is 0 Å². The van der Waals surface area contributed by atoms with Crippen molar-refractivity contribution < 1.29 is 0 Å². The molecule has 0 bridgehead atoms. The Morgan fingerprint density at radius 3 is 1.33 bits per heavy atom. The predicted octanol–water partition coefficient (Wildman–Crippen LogP) is 4.75. The maximum atomic E-state index is 2.12. The maximum absolute atomic E-state index is 2.12. The number of allylic oxidation sites excluding steroid dienone is 12. The van der Waals surface area contributed by atoms with E-state index in [0.29, 0.717) is 0 Å². The van der Waals surface area contributed by atoms with Crippen molar-refractivity contribution in [1.29, 1.82) is 0 Å². The van der Waals surface area contributed by atoms with Crippen LogP contribution in [0, 0.1) is 0 Å². The van der Waals surface area contributed by atoms with E-state index in [1.54, 1.807) is 0 Å². The van der Waals surface area contributed by atoms with Crippen LogP contribution in [0.3, 0.4) is 0 Å². The van der Waals surface area contributed by atoms with Crippen molar-refractivity contribution in [3.63, 3.8) is 0 Å². The minimum atomic E-state index is 0.973. The van der Waals surface area contributed by atoms with E-state index in [9.17, 15) is 0 Å². The molecule has 0 atom stereocenters. The highest BCUT2D eigenvalue weighted by molar-refractivity contribution is 5.14. The first-order valence-corrected chi connectivity index (χ1v) is 5.30. The molecule has 0 nitrogen and oxygen atoms in total. The quantitative estimate of drug-likeness (QED) is 0.543. The van der Waals surface area contributed by atoms with E-state index in [2.05, 4.69) is 24.3 Å². The van der Waals surface area contributed by atoms with Crippen LogP contribution in [0.2, 0.25) is 0 Å². The van der Waals surface area contributed by atoms with Gasteiger partial charge in [-0.05, 0) is 20.3 Å². The predicted molar refractivity (Wildman–Crippen MR) is 70.8 cm³/mol. The Bertz CT molecular complexity index is 253. The lowest BCUT2D eigenvalue weighted by molar-refractivity contribution is 1.39. The van der Waals surface area contributed by atoms with Crippen molar-refractivity contribution in [3.8, 4) is 0 Å². The molecule has 0 fully saturated rings. The summed E-state index contributed by atoms with van der Waals surface area (Å²) in [7, 11) is 0. The summed E-state index contributed by atoms with van der Waals surface area (Å²) in [5.74, 6) is 0. The van der Waals surface area contributed by atoms with Crippen LogP contribution in [-0.4, -0.2) is 0 Å². The molecular formula is C15H20. The van der Waals surface area contributed by atoms with Gasteiger partial charge >= 0.3 is 0 Å². The van der Waals surface area contributed by atoms with E-state index >= 15 is 0 Å². The Morgan fingerprint density at radius 1 is 0.533 bits per heavy atom. The van der Waals surface area contributed by atoms with Gasteiger partial charge in [0.2, 0.25) is 0 Å². The highest BCUT2D eigenvalue weighted by Crippen LogP contribution is 1.89. The fourth-order valence-corrected chi connectivity index (χ4v) is 0.872. The third-order valence-electron chi connectivity index (χ3n) is 1.60. The van der Waals surface area contributed by atoms with Crippen LogP contribution in [0.5, 0.6) is 0 Å². The van der Waals surface area contributed by atoms with Crippen LogP contribution < -0.4 is 0 Å².